The van der Waals surface area contributed by atoms with Crippen molar-refractivity contribution in [3.63, 3.8) is 0 Å². The van der Waals surface area contributed by atoms with E-state index in [9.17, 15) is 4.39 Å². The summed E-state index contributed by atoms with van der Waals surface area (Å²) < 4.78 is 18.2. The van der Waals surface area contributed by atoms with E-state index in [2.05, 4.69) is 0 Å². The van der Waals surface area contributed by atoms with Gasteiger partial charge >= 0.3 is 0 Å². The minimum absolute atomic E-state index is 0.00491. The van der Waals surface area contributed by atoms with Crippen molar-refractivity contribution < 1.29 is 8.81 Å². The van der Waals surface area contributed by atoms with Crippen molar-refractivity contribution in [2.45, 2.75) is 0 Å². The Morgan fingerprint density at radius 2 is 1.93 bits per heavy atom. The number of halogens is 3. The SMILES string of the molecule is Fc1cc(-c2ccco2)c(Cl)cc1Cl. The molecule has 2 aromatic rings. The number of rotatable bonds is 1. The molecule has 0 saturated carbocycles. The van der Waals surface area contributed by atoms with Crippen LogP contribution in [0.25, 0.3) is 11.3 Å². The summed E-state index contributed by atoms with van der Waals surface area (Å²) in [6.07, 6.45) is 1.50. The van der Waals surface area contributed by atoms with Crippen LogP contribution >= 0.6 is 23.2 Å². The first-order chi connectivity index (χ1) is 6.68. The third-order valence-electron chi connectivity index (χ3n) is 1.80. The zero-order valence-corrected chi connectivity index (χ0v) is 8.44. The minimum atomic E-state index is -0.512. The van der Waals surface area contributed by atoms with Crippen LogP contribution < -0.4 is 0 Å². The van der Waals surface area contributed by atoms with E-state index >= 15 is 0 Å². The minimum Gasteiger partial charge on any atom is -0.464 e. The van der Waals surface area contributed by atoms with Crippen molar-refractivity contribution in [1.29, 1.82) is 0 Å². The van der Waals surface area contributed by atoms with Crippen LogP contribution in [0.15, 0.2) is 34.9 Å². The quantitative estimate of drug-likeness (QED) is 0.663. The third-order valence-corrected chi connectivity index (χ3v) is 2.40. The van der Waals surface area contributed by atoms with Gasteiger partial charge in [0, 0.05) is 5.56 Å². The van der Waals surface area contributed by atoms with Crippen molar-refractivity contribution in [3.05, 3.63) is 46.4 Å². The van der Waals surface area contributed by atoms with Crippen molar-refractivity contribution in [3.8, 4) is 11.3 Å². The van der Waals surface area contributed by atoms with E-state index in [1.54, 1.807) is 12.1 Å². The Kier molecular flexibility index (Phi) is 2.48. The molecule has 0 fully saturated rings. The van der Waals surface area contributed by atoms with Gasteiger partial charge in [0.15, 0.2) is 0 Å². The smallest absolute Gasteiger partial charge is 0.142 e. The largest absolute Gasteiger partial charge is 0.464 e. The maximum atomic E-state index is 13.1. The van der Waals surface area contributed by atoms with Gasteiger partial charge in [-0.1, -0.05) is 23.2 Å². The third kappa shape index (κ3) is 1.63. The van der Waals surface area contributed by atoms with Crippen molar-refractivity contribution in [2.24, 2.45) is 0 Å². The molecular weight excluding hydrogens is 226 g/mol. The Morgan fingerprint density at radius 1 is 1.14 bits per heavy atom. The molecule has 1 aromatic carbocycles. The van der Waals surface area contributed by atoms with E-state index in [0.29, 0.717) is 16.3 Å². The highest BCUT2D eigenvalue weighted by Crippen LogP contribution is 2.32. The van der Waals surface area contributed by atoms with E-state index in [4.69, 9.17) is 27.6 Å². The monoisotopic (exact) mass is 230 g/mol. The molecule has 0 N–H and O–H groups in total. The lowest BCUT2D eigenvalue weighted by molar-refractivity contribution is 0.580. The van der Waals surface area contributed by atoms with Crippen LogP contribution in [0.5, 0.6) is 0 Å². The molecule has 1 aromatic heterocycles. The molecule has 1 heterocycles. The van der Waals surface area contributed by atoms with E-state index in [0.717, 1.165) is 0 Å². The molecule has 14 heavy (non-hydrogen) atoms. The average Bonchev–Trinajstić information content (AvgIpc) is 2.64. The van der Waals surface area contributed by atoms with E-state index in [-0.39, 0.29) is 5.02 Å². The lowest BCUT2D eigenvalue weighted by Gasteiger charge is -2.02. The second-order valence-corrected chi connectivity index (χ2v) is 3.54. The van der Waals surface area contributed by atoms with Gasteiger partial charge in [-0.25, -0.2) is 4.39 Å². The van der Waals surface area contributed by atoms with Crippen LogP contribution in [-0.2, 0) is 0 Å². The summed E-state index contributed by atoms with van der Waals surface area (Å²) in [5.74, 6) is 0.00744. The van der Waals surface area contributed by atoms with E-state index in [1.165, 1.54) is 18.4 Å². The molecule has 0 amide bonds. The second kappa shape index (κ2) is 3.64. The molecule has 1 nitrogen and oxygen atoms in total. The van der Waals surface area contributed by atoms with E-state index < -0.39 is 5.82 Å². The fraction of sp³-hybridized carbons (Fsp3) is 0. The standard InChI is InChI=1S/C10H5Cl2FO/c11-7-5-8(12)9(13)4-6(7)10-2-1-3-14-10/h1-5H. The first kappa shape index (κ1) is 9.56. The maximum absolute atomic E-state index is 13.1. The normalized spacial score (nSPS) is 10.5. The van der Waals surface area contributed by atoms with Crippen LogP contribution in [-0.4, -0.2) is 0 Å². The van der Waals surface area contributed by atoms with Gasteiger partial charge in [-0.05, 0) is 24.3 Å². The molecule has 0 bridgehead atoms. The number of hydrogen-bond donors (Lipinski definition) is 0. The summed E-state index contributed by atoms with van der Waals surface area (Å²) in [4.78, 5) is 0. The van der Waals surface area contributed by atoms with Gasteiger partial charge in [0.1, 0.15) is 11.6 Å². The predicted octanol–water partition coefficient (Wildman–Crippen LogP) is 4.39. The van der Waals surface area contributed by atoms with Gasteiger partial charge in [0.2, 0.25) is 0 Å². The highest BCUT2D eigenvalue weighted by atomic mass is 35.5. The molecule has 0 unspecified atom stereocenters. The highest BCUT2D eigenvalue weighted by molar-refractivity contribution is 6.36. The number of hydrogen-bond acceptors (Lipinski definition) is 1. The lowest BCUT2D eigenvalue weighted by atomic mass is 10.2. The van der Waals surface area contributed by atoms with Gasteiger partial charge in [0.25, 0.3) is 0 Å². The maximum Gasteiger partial charge on any atom is 0.142 e. The molecule has 0 saturated heterocycles. The number of benzene rings is 1. The van der Waals surface area contributed by atoms with Gasteiger partial charge in [-0.2, -0.15) is 0 Å². The summed E-state index contributed by atoms with van der Waals surface area (Å²) in [5.41, 5.74) is 0.499. The zero-order chi connectivity index (χ0) is 10.1. The summed E-state index contributed by atoms with van der Waals surface area (Å²) in [7, 11) is 0. The molecule has 0 aliphatic heterocycles. The topological polar surface area (TPSA) is 13.1 Å². The Hall–Kier alpha value is -0.990. The Bertz CT molecular complexity index is 451. The van der Waals surface area contributed by atoms with Gasteiger partial charge < -0.3 is 4.42 Å². The van der Waals surface area contributed by atoms with E-state index in [1.807, 2.05) is 0 Å². The Labute approximate surface area is 90.1 Å². The van der Waals surface area contributed by atoms with Gasteiger partial charge in [-0.3, -0.25) is 0 Å². The molecule has 72 valence electrons. The van der Waals surface area contributed by atoms with Gasteiger partial charge in [-0.15, -0.1) is 0 Å². The second-order valence-electron chi connectivity index (χ2n) is 2.72. The van der Waals surface area contributed by atoms with Crippen LogP contribution in [0.3, 0.4) is 0 Å². The summed E-state index contributed by atoms with van der Waals surface area (Å²) in [5, 5.41) is 0.372. The summed E-state index contributed by atoms with van der Waals surface area (Å²) >= 11 is 11.4. The van der Waals surface area contributed by atoms with Crippen molar-refractivity contribution in [1.82, 2.24) is 0 Å². The Morgan fingerprint density at radius 3 is 2.57 bits per heavy atom. The first-order valence-electron chi connectivity index (χ1n) is 3.87. The molecule has 2 rings (SSSR count). The molecule has 0 spiro atoms. The molecule has 4 heteroatoms. The first-order valence-corrected chi connectivity index (χ1v) is 4.62. The fourth-order valence-electron chi connectivity index (χ4n) is 1.14. The molecule has 0 atom stereocenters. The predicted molar refractivity (Wildman–Crippen MR) is 54.1 cm³/mol. The van der Waals surface area contributed by atoms with Crippen molar-refractivity contribution in [2.75, 3.05) is 0 Å². The van der Waals surface area contributed by atoms with Crippen molar-refractivity contribution >= 4 is 23.2 Å². The highest BCUT2D eigenvalue weighted by Gasteiger charge is 2.10. The lowest BCUT2D eigenvalue weighted by Crippen LogP contribution is -1.82. The summed E-state index contributed by atoms with van der Waals surface area (Å²) in [6, 6.07) is 6.02. The molecule has 0 aliphatic carbocycles. The van der Waals surface area contributed by atoms with Gasteiger partial charge in [0.05, 0.1) is 16.3 Å². The van der Waals surface area contributed by atoms with Crippen LogP contribution in [0.1, 0.15) is 0 Å². The molecule has 0 radical (unpaired) electrons. The fourth-order valence-corrected chi connectivity index (χ4v) is 1.62. The zero-order valence-electron chi connectivity index (χ0n) is 6.93. The van der Waals surface area contributed by atoms with Crippen LogP contribution in [0, 0.1) is 5.82 Å². The van der Waals surface area contributed by atoms with Crippen LogP contribution in [0.2, 0.25) is 10.0 Å². The molecule has 0 aliphatic rings. The average molecular weight is 231 g/mol. The number of furan rings is 1. The van der Waals surface area contributed by atoms with Crippen LogP contribution in [0.4, 0.5) is 4.39 Å². The molecular formula is C10H5Cl2FO. The Balaban J connectivity index is 2.60. The summed E-state index contributed by atoms with van der Waals surface area (Å²) in [6.45, 7) is 0.